The number of ether oxygens (including phenoxy) is 1. The predicted octanol–water partition coefficient (Wildman–Crippen LogP) is 4.07. The average molecular weight is 469 g/mol. The molecule has 174 valence electrons. The molecule has 0 spiro atoms. The van der Waals surface area contributed by atoms with Crippen molar-refractivity contribution in [3.63, 3.8) is 0 Å². The molecule has 33 heavy (non-hydrogen) atoms. The number of nitrogens with one attached hydrogen (secondary N) is 1. The Labute approximate surface area is 197 Å². The third kappa shape index (κ3) is 4.57. The molecular formula is C25H28N2O5S. The zero-order valence-electron chi connectivity index (χ0n) is 18.7. The van der Waals surface area contributed by atoms with Crippen molar-refractivity contribution in [3.05, 3.63) is 59.7 Å². The number of carbonyl (C=O) groups excluding carboxylic acids is 2. The van der Waals surface area contributed by atoms with E-state index in [1.165, 1.54) is 16.7 Å². The van der Waals surface area contributed by atoms with Gasteiger partial charge in [0.2, 0.25) is 5.91 Å². The van der Waals surface area contributed by atoms with Crippen LogP contribution in [0.3, 0.4) is 0 Å². The fraction of sp³-hybridized carbons (Fsp3) is 0.400. The van der Waals surface area contributed by atoms with E-state index in [4.69, 9.17) is 4.74 Å². The van der Waals surface area contributed by atoms with Crippen LogP contribution >= 0.6 is 11.8 Å². The Balaban J connectivity index is 1.40. The lowest BCUT2D eigenvalue weighted by Crippen LogP contribution is -2.53. The first-order valence-corrected chi connectivity index (χ1v) is 12.2. The smallest absolute Gasteiger partial charge is 0.407 e. The minimum atomic E-state index is -1.03. The zero-order chi connectivity index (χ0) is 23.5. The second-order valence-electron chi connectivity index (χ2n) is 8.37. The lowest BCUT2D eigenvalue weighted by molar-refractivity contribution is -0.149. The Morgan fingerprint density at radius 3 is 2.30 bits per heavy atom. The van der Waals surface area contributed by atoms with Gasteiger partial charge in [-0.1, -0.05) is 61.9 Å². The van der Waals surface area contributed by atoms with Crippen LogP contribution in [0, 0.1) is 0 Å². The number of thioether (sulfide) groups is 1. The molecule has 7 nitrogen and oxygen atoms in total. The minimum absolute atomic E-state index is 0.0746. The number of aliphatic carboxylic acids is 1. The molecule has 3 atom stereocenters. The van der Waals surface area contributed by atoms with Crippen LogP contribution in [0.15, 0.2) is 48.5 Å². The molecule has 1 saturated heterocycles. The summed E-state index contributed by atoms with van der Waals surface area (Å²) in [6.45, 7) is 3.71. The highest BCUT2D eigenvalue weighted by Gasteiger charge is 2.42. The number of alkyl carbamates (subject to hydrolysis) is 1. The lowest BCUT2D eigenvalue weighted by Gasteiger charge is -2.30. The van der Waals surface area contributed by atoms with Crippen molar-refractivity contribution in [3.8, 4) is 11.1 Å². The summed E-state index contributed by atoms with van der Waals surface area (Å²) in [6.07, 6.45) is 0.850. The van der Waals surface area contributed by atoms with Crippen LogP contribution in [0.1, 0.15) is 43.7 Å². The van der Waals surface area contributed by atoms with Crippen LogP contribution in [0.4, 0.5) is 4.79 Å². The molecule has 1 heterocycles. The van der Waals surface area contributed by atoms with Gasteiger partial charge in [-0.15, -0.1) is 11.8 Å². The van der Waals surface area contributed by atoms with E-state index in [1.54, 1.807) is 6.92 Å². The van der Waals surface area contributed by atoms with Crippen molar-refractivity contribution in [2.24, 2.45) is 0 Å². The van der Waals surface area contributed by atoms with E-state index in [0.29, 0.717) is 12.2 Å². The highest BCUT2D eigenvalue weighted by molar-refractivity contribution is 8.00. The van der Waals surface area contributed by atoms with E-state index in [1.807, 2.05) is 43.3 Å². The number of hydrogen-bond donors (Lipinski definition) is 2. The number of benzene rings is 2. The summed E-state index contributed by atoms with van der Waals surface area (Å²) in [5, 5.41) is 11.9. The maximum absolute atomic E-state index is 13.0. The predicted molar refractivity (Wildman–Crippen MR) is 127 cm³/mol. The molecule has 2 aromatic rings. The number of fused-ring (bicyclic) bond motifs is 3. The largest absolute Gasteiger partial charge is 0.480 e. The van der Waals surface area contributed by atoms with Gasteiger partial charge in [-0.05, 0) is 35.6 Å². The van der Waals surface area contributed by atoms with Gasteiger partial charge in [0.05, 0.1) is 5.37 Å². The molecule has 1 fully saturated rings. The fourth-order valence-electron chi connectivity index (χ4n) is 4.62. The summed E-state index contributed by atoms with van der Waals surface area (Å²) in [5.41, 5.74) is 4.49. The van der Waals surface area contributed by atoms with Gasteiger partial charge in [-0.3, -0.25) is 4.79 Å². The topological polar surface area (TPSA) is 95.9 Å². The van der Waals surface area contributed by atoms with Crippen molar-refractivity contribution >= 4 is 29.7 Å². The third-order valence-electron chi connectivity index (χ3n) is 6.22. The van der Waals surface area contributed by atoms with Crippen LogP contribution in [-0.2, 0) is 14.3 Å². The van der Waals surface area contributed by atoms with Gasteiger partial charge in [0.1, 0.15) is 18.7 Å². The highest BCUT2D eigenvalue weighted by Crippen LogP contribution is 2.44. The van der Waals surface area contributed by atoms with Crippen LogP contribution in [0.25, 0.3) is 11.1 Å². The number of carboxylic acids is 1. The van der Waals surface area contributed by atoms with E-state index in [0.717, 1.165) is 28.7 Å². The van der Waals surface area contributed by atoms with Gasteiger partial charge in [0.15, 0.2) is 0 Å². The molecular weight excluding hydrogens is 440 g/mol. The van der Waals surface area contributed by atoms with Gasteiger partial charge in [-0.2, -0.15) is 0 Å². The molecule has 8 heteroatoms. The van der Waals surface area contributed by atoms with Crippen molar-refractivity contribution < 1.29 is 24.2 Å². The maximum Gasteiger partial charge on any atom is 0.407 e. The molecule has 0 radical (unpaired) electrons. The van der Waals surface area contributed by atoms with Crippen LogP contribution in [-0.4, -0.2) is 57.8 Å². The van der Waals surface area contributed by atoms with Crippen molar-refractivity contribution in [1.82, 2.24) is 10.2 Å². The quantitative estimate of drug-likeness (QED) is 0.636. The van der Waals surface area contributed by atoms with Gasteiger partial charge < -0.3 is 20.1 Å². The van der Waals surface area contributed by atoms with Crippen molar-refractivity contribution in [2.75, 3.05) is 12.4 Å². The molecule has 0 saturated carbocycles. The fourth-order valence-corrected chi connectivity index (χ4v) is 6.14. The van der Waals surface area contributed by atoms with E-state index < -0.39 is 30.1 Å². The van der Waals surface area contributed by atoms with E-state index in [2.05, 4.69) is 17.4 Å². The summed E-state index contributed by atoms with van der Waals surface area (Å²) in [5.74, 6) is -1.15. The van der Waals surface area contributed by atoms with Crippen LogP contribution < -0.4 is 5.32 Å². The van der Waals surface area contributed by atoms with Gasteiger partial charge >= 0.3 is 12.1 Å². The van der Waals surface area contributed by atoms with Gasteiger partial charge in [0, 0.05) is 11.7 Å². The zero-order valence-corrected chi connectivity index (χ0v) is 19.5. The molecule has 1 aliphatic heterocycles. The Bertz CT molecular complexity index is 1010. The highest BCUT2D eigenvalue weighted by atomic mass is 32.2. The normalized spacial score (nSPS) is 20.1. The van der Waals surface area contributed by atoms with Gasteiger partial charge in [0.25, 0.3) is 0 Å². The lowest BCUT2D eigenvalue weighted by atomic mass is 9.98. The molecule has 2 unspecified atom stereocenters. The molecule has 1 aliphatic carbocycles. The second kappa shape index (κ2) is 9.87. The van der Waals surface area contributed by atoms with Crippen LogP contribution in [0.2, 0.25) is 0 Å². The van der Waals surface area contributed by atoms with Crippen molar-refractivity contribution in [1.29, 1.82) is 0 Å². The number of carbonyl (C=O) groups is 3. The Morgan fingerprint density at radius 1 is 1.12 bits per heavy atom. The SMILES string of the molecule is CCCC1SCC(C(=O)O)N1C(=O)[C@@H](C)NC(=O)OCC1c2ccccc2-c2ccccc21. The molecule has 2 aliphatic rings. The number of hydrogen-bond acceptors (Lipinski definition) is 5. The summed E-state index contributed by atoms with van der Waals surface area (Å²) < 4.78 is 5.53. The van der Waals surface area contributed by atoms with Gasteiger partial charge in [-0.25, -0.2) is 9.59 Å². The summed E-state index contributed by atoms with van der Waals surface area (Å²) in [6, 6.07) is 14.4. The maximum atomic E-state index is 13.0. The summed E-state index contributed by atoms with van der Waals surface area (Å²) >= 11 is 1.47. The molecule has 2 aromatic carbocycles. The molecule has 2 amide bonds. The van der Waals surface area contributed by atoms with E-state index >= 15 is 0 Å². The van der Waals surface area contributed by atoms with Crippen LogP contribution in [0.5, 0.6) is 0 Å². The summed E-state index contributed by atoms with van der Waals surface area (Å²) in [4.78, 5) is 38.6. The second-order valence-corrected chi connectivity index (χ2v) is 9.58. The first-order valence-electron chi connectivity index (χ1n) is 11.2. The number of rotatable bonds is 7. The number of carboxylic acid groups (broad SMARTS) is 1. The monoisotopic (exact) mass is 468 g/mol. The molecule has 4 rings (SSSR count). The summed E-state index contributed by atoms with van der Waals surface area (Å²) in [7, 11) is 0. The number of amides is 2. The average Bonchev–Trinajstić information content (AvgIpc) is 3.37. The minimum Gasteiger partial charge on any atom is -0.480 e. The third-order valence-corrected chi connectivity index (χ3v) is 7.57. The van der Waals surface area contributed by atoms with E-state index in [9.17, 15) is 19.5 Å². The number of nitrogens with zero attached hydrogens (tertiary/aromatic N) is 1. The standard InChI is InChI=1S/C25H28N2O5S/c1-3-8-22-27(21(14-33-22)24(29)30)23(28)15(2)26-25(31)32-13-20-18-11-6-4-9-16(18)17-10-5-7-12-19(17)20/h4-7,9-12,15,20-22H,3,8,13-14H2,1-2H3,(H,26,31)(H,29,30)/t15-,21?,22?/m1/s1. The molecule has 0 aromatic heterocycles. The van der Waals surface area contributed by atoms with E-state index in [-0.39, 0.29) is 17.9 Å². The first kappa shape index (κ1) is 23.2. The molecule has 2 N–H and O–H groups in total. The Hall–Kier alpha value is -3.00. The Morgan fingerprint density at radius 2 is 1.73 bits per heavy atom. The van der Waals surface area contributed by atoms with Crippen molar-refractivity contribution in [2.45, 2.75) is 50.1 Å². The first-order chi connectivity index (χ1) is 15.9. The molecule has 0 bridgehead atoms. The Kier molecular flexibility index (Phi) is 6.93.